The average molecular weight is 481 g/mol. The van der Waals surface area contributed by atoms with Crippen molar-refractivity contribution >= 4 is 15.9 Å². The molecule has 33 heavy (non-hydrogen) atoms. The van der Waals surface area contributed by atoms with Gasteiger partial charge in [0.05, 0.1) is 4.90 Å². The first-order valence-electron chi connectivity index (χ1n) is 10.9. The lowest BCUT2D eigenvalue weighted by Gasteiger charge is -2.33. The smallest absolute Gasteiger partial charge is 0.243 e. The van der Waals surface area contributed by atoms with Gasteiger partial charge >= 0.3 is 0 Å². The van der Waals surface area contributed by atoms with E-state index in [1.54, 1.807) is 4.90 Å². The number of carbonyl (C=O) groups is 1. The summed E-state index contributed by atoms with van der Waals surface area (Å²) in [5.41, 5.74) is 0.862. The molecule has 2 aromatic carbocycles. The second kappa shape index (κ2) is 9.64. The summed E-state index contributed by atoms with van der Waals surface area (Å²) in [6, 6.07) is 8.14. The highest BCUT2D eigenvalue weighted by molar-refractivity contribution is 7.89. The first kappa shape index (κ1) is 23.4. The zero-order chi connectivity index (χ0) is 23.6. The molecule has 1 fully saturated rings. The van der Waals surface area contributed by atoms with Crippen molar-refractivity contribution in [1.29, 1.82) is 0 Å². The molecule has 0 spiro atoms. The minimum atomic E-state index is -3.96. The van der Waals surface area contributed by atoms with Gasteiger partial charge in [0.2, 0.25) is 15.9 Å². The van der Waals surface area contributed by atoms with E-state index < -0.39 is 21.7 Å². The quantitative estimate of drug-likeness (QED) is 0.635. The number of para-hydroxylation sites is 1. The Labute approximate surface area is 191 Å². The molecule has 0 unspecified atom stereocenters. The summed E-state index contributed by atoms with van der Waals surface area (Å²) in [5.74, 6) is -1.36. The molecular weight excluding hydrogens is 454 g/mol. The van der Waals surface area contributed by atoms with Crippen molar-refractivity contribution in [3.05, 3.63) is 53.6 Å². The topological polar surface area (TPSA) is 76.2 Å². The molecule has 2 aromatic rings. The fraction of sp³-hybridized carbons (Fsp3) is 0.435. The van der Waals surface area contributed by atoms with Gasteiger partial charge in [0, 0.05) is 37.7 Å². The highest BCUT2D eigenvalue weighted by atomic mass is 32.2. The van der Waals surface area contributed by atoms with E-state index in [1.807, 2.05) is 25.1 Å². The Morgan fingerprint density at radius 3 is 2.52 bits per heavy atom. The summed E-state index contributed by atoms with van der Waals surface area (Å²) in [6.07, 6.45) is 0.704. The number of hydrogen-bond acceptors (Lipinski definition) is 5. The standard InChI is InChI=1S/C23H26F2N2O5S/c1-2-26(15-17-4-3-5-21-22(17)32-13-12-31-21)23(28)16-8-10-27(11-9-16)33(29,30)18-6-7-19(24)20(25)14-18/h3-7,14,16H,2,8-13,15H2,1H3. The van der Waals surface area contributed by atoms with Crippen LogP contribution in [0.5, 0.6) is 11.5 Å². The predicted octanol–water partition coefficient (Wildman–Crippen LogP) is 3.19. The largest absolute Gasteiger partial charge is 0.486 e. The molecular formula is C23H26F2N2O5S. The van der Waals surface area contributed by atoms with Crippen LogP contribution in [0.4, 0.5) is 8.78 Å². The maximum absolute atomic E-state index is 13.5. The number of nitrogens with zero attached hydrogens (tertiary/aromatic N) is 2. The SMILES string of the molecule is CCN(Cc1cccc2c1OCCO2)C(=O)C1CCN(S(=O)(=O)c2ccc(F)c(F)c2)CC1. The summed E-state index contributed by atoms with van der Waals surface area (Å²) < 4.78 is 64.9. The second-order valence-corrected chi connectivity index (χ2v) is 9.99. The molecule has 0 radical (unpaired) electrons. The summed E-state index contributed by atoms with van der Waals surface area (Å²) in [6.45, 7) is 3.97. The lowest BCUT2D eigenvalue weighted by atomic mass is 9.96. The molecule has 2 aliphatic rings. The van der Waals surface area contributed by atoms with Crippen LogP contribution in [0.2, 0.25) is 0 Å². The highest BCUT2D eigenvalue weighted by Gasteiger charge is 2.34. The molecule has 0 atom stereocenters. The van der Waals surface area contributed by atoms with Crippen LogP contribution in [0.1, 0.15) is 25.3 Å². The lowest BCUT2D eigenvalue weighted by Crippen LogP contribution is -2.44. The Morgan fingerprint density at radius 1 is 1.09 bits per heavy atom. The molecule has 0 aliphatic carbocycles. The minimum absolute atomic E-state index is 0.0447. The van der Waals surface area contributed by atoms with Gasteiger partial charge in [-0.15, -0.1) is 0 Å². The zero-order valence-corrected chi connectivity index (χ0v) is 19.1. The van der Waals surface area contributed by atoms with Crippen molar-refractivity contribution in [3.8, 4) is 11.5 Å². The molecule has 4 rings (SSSR count). The van der Waals surface area contributed by atoms with Crippen LogP contribution in [0, 0.1) is 17.6 Å². The Bertz CT molecular complexity index is 1130. The molecule has 1 amide bonds. The van der Waals surface area contributed by atoms with Crippen molar-refractivity contribution in [3.63, 3.8) is 0 Å². The van der Waals surface area contributed by atoms with Crippen LogP contribution in [0.3, 0.4) is 0 Å². The maximum atomic E-state index is 13.5. The van der Waals surface area contributed by atoms with Gasteiger partial charge in [-0.3, -0.25) is 4.79 Å². The van der Waals surface area contributed by atoms with Gasteiger partial charge in [0.25, 0.3) is 0 Å². The fourth-order valence-corrected chi connectivity index (χ4v) is 5.68. The zero-order valence-electron chi connectivity index (χ0n) is 18.3. The van der Waals surface area contributed by atoms with Crippen LogP contribution in [-0.4, -0.2) is 56.4 Å². The van der Waals surface area contributed by atoms with E-state index in [9.17, 15) is 22.0 Å². The Kier molecular flexibility index (Phi) is 6.85. The van der Waals surface area contributed by atoms with Crippen molar-refractivity contribution < 1.29 is 31.5 Å². The summed E-state index contributed by atoms with van der Waals surface area (Å²) in [5, 5.41) is 0. The van der Waals surface area contributed by atoms with E-state index >= 15 is 0 Å². The van der Waals surface area contributed by atoms with Gasteiger partial charge in [-0.05, 0) is 44.0 Å². The van der Waals surface area contributed by atoms with Gasteiger partial charge in [-0.1, -0.05) is 12.1 Å². The van der Waals surface area contributed by atoms with Gasteiger partial charge < -0.3 is 14.4 Å². The number of hydrogen-bond donors (Lipinski definition) is 0. The van der Waals surface area contributed by atoms with Crippen molar-refractivity contribution in [2.75, 3.05) is 32.8 Å². The number of halogens is 2. The number of sulfonamides is 1. The van der Waals surface area contributed by atoms with E-state index in [0.29, 0.717) is 56.7 Å². The summed E-state index contributed by atoms with van der Waals surface area (Å²) in [7, 11) is -3.96. The lowest BCUT2D eigenvalue weighted by molar-refractivity contribution is -0.137. The van der Waals surface area contributed by atoms with Gasteiger partial charge in [0.1, 0.15) is 13.2 Å². The monoisotopic (exact) mass is 480 g/mol. The van der Waals surface area contributed by atoms with Gasteiger partial charge in [0.15, 0.2) is 23.1 Å². The van der Waals surface area contributed by atoms with Crippen LogP contribution >= 0.6 is 0 Å². The number of benzene rings is 2. The molecule has 10 heteroatoms. The molecule has 178 valence electrons. The number of carbonyl (C=O) groups excluding carboxylic acids is 1. The van der Waals surface area contributed by atoms with Gasteiger partial charge in [-0.25, -0.2) is 17.2 Å². The molecule has 2 aliphatic heterocycles. The van der Waals surface area contributed by atoms with Crippen LogP contribution in [-0.2, 0) is 21.4 Å². The van der Waals surface area contributed by atoms with E-state index in [2.05, 4.69) is 0 Å². The molecule has 0 saturated carbocycles. The first-order chi connectivity index (χ1) is 15.8. The maximum Gasteiger partial charge on any atom is 0.243 e. The third-order valence-corrected chi connectivity index (χ3v) is 7.93. The van der Waals surface area contributed by atoms with Gasteiger partial charge in [-0.2, -0.15) is 4.31 Å². The van der Waals surface area contributed by atoms with Crippen LogP contribution < -0.4 is 9.47 Å². The summed E-state index contributed by atoms with van der Waals surface area (Å²) >= 11 is 0. The molecule has 0 aromatic heterocycles. The number of amides is 1. The van der Waals surface area contributed by atoms with E-state index in [0.717, 1.165) is 17.7 Å². The number of rotatable bonds is 6. The molecule has 0 N–H and O–H groups in total. The molecule has 2 heterocycles. The average Bonchev–Trinajstić information content (AvgIpc) is 2.84. The van der Waals surface area contributed by atoms with Crippen molar-refractivity contribution in [2.24, 2.45) is 5.92 Å². The van der Waals surface area contributed by atoms with E-state index in [4.69, 9.17) is 9.47 Å². The van der Waals surface area contributed by atoms with Crippen molar-refractivity contribution in [2.45, 2.75) is 31.2 Å². The Morgan fingerprint density at radius 2 is 1.82 bits per heavy atom. The third kappa shape index (κ3) is 4.81. The predicted molar refractivity (Wildman–Crippen MR) is 116 cm³/mol. The van der Waals surface area contributed by atoms with Crippen LogP contribution in [0.15, 0.2) is 41.3 Å². The molecule has 1 saturated heterocycles. The van der Waals surface area contributed by atoms with Crippen molar-refractivity contribution in [1.82, 2.24) is 9.21 Å². The van der Waals surface area contributed by atoms with Crippen LogP contribution in [0.25, 0.3) is 0 Å². The minimum Gasteiger partial charge on any atom is -0.486 e. The fourth-order valence-electron chi connectivity index (χ4n) is 4.20. The first-order valence-corrected chi connectivity index (χ1v) is 12.4. The number of ether oxygens (including phenoxy) is 2. The number of fused-ring (bicyclic) bond motifs is 1. The number of piperidine rings is 1. The van der Waals surface area contributed by atoms with E-state index in [-0.39, 0.29) is 29.8 Å². The molecule has 7 nitrogen and oxygen atoms in total. The normalized spacial score (nSPS) is 17.1. The van der Waals surface area contributed by atoms with E-state index in [1.165, 1.54) is 4.31 Å². The highest BCUT2D eigenvalue weighted by Crippen LogP contribution is 2.35. The summed E-state index contributed by atoms with van der Waals surface area (Å²) in [4.78, 5) is 14.6. The Balaban J connectivity index is 1.41. The second-order valence-electron chi connectivity index (χ2n) is 8.05. The Hall–Kier alpha value is -2.72. The third-order valence-electron chi connectivity index (χ3n) is 6.03. The molecule has 0 bridgehead atoms.